The van der Waals surface area contributed by atoms with Gasteiger partial charge in [0.1, 0.15) is 5.58 Å². The number of hydrogen-bond donors (Lipinski definition) is 1. The lowest BCUT2D eigenvalue weighted by Crippen LogP contribution is -2.12. The predicted octanol–water partition coefficient (Wildman–Crippen LogP) is 5.84. The van der Waals surface area contributed by atoms with Gasteiger partial charge >= 0.3 is 5.63 Å². The summed E-state index contributed by atoms with van der Waals surface area (Å²) in [6, 6.07) is 24.0. The second kappa shape index (κ2) is 7.76. The van der Waals surface area contributed by atoms with Crippen molar-refractivity contribution in [2.45, 2.75) is 19.8 Å². The molecule has 4 heteroatoms. The number of benzene rings is 3. The van der Waals surface area contributed by atoms with Gasteiger partial charge in [0.05, 0.1) is 5.56 Å². The first-order chi connectivity index (χ1) is 14.0. The molecule has 0 radical (unpaired) electrons. The summed E-state index contributed by atoms with van der Waals surface area (Å²) in [5, 5.41) is 3.75. The minimum Gasteiger partial charge on any atom is -0.422 e. The zero-order chi connectivity index (χ0) is 20.4. The van der Waals surface area contributed by atoms with Crippen molar-refractivity contribution in [3.05, 3.63) is 100 Å². The molecule has 0 aliphatic heterocycles. The maximum atomic E-state index is 12.6. The number of rotatable bonds is 4. The van der Waals surface area contributed by atoms with Crippen molar-refractivity contribution in [1.29, 1.82) is 0 Å². The van der Waals surface area contributed by atoms with Gasteiger partial charge in [0.15, 0.2) is 0 Å². The van der Waals surface area contributed by atoms with E-state index in [0.717, 1.165) is 5.39 Å². The van der Waals surface area contributed by atoms with Gasteiger partial charge in [-0.05, 0) is 53.4 Å². The molecule has 3 aromatic carbocycles. The summed E-state index contributed by atoms with van der Waals surface area (Å²) < 4.78 is 5.43. The topological polar surface area (TPSA) is 59.3 Å². The lowest BCUT2D eigenvalue weighted by Gasteiger charge is -2.09. The fourth-order valence-electron chi connectivity index (χ4n) is 3.25. The third-order valence-corrected chi connectivity index (χ3v) is 4.91. The van der Waals surface area contributed by atoms with Crippen LogP contribution in [0.2, 0.25) is 0 Å². The van der Waals surface area contributed by atoms with Gasteiger partial charge in [-0.15, -0.1) is 0 Å². The average Bonchev–Trinajstić information content (AvgIpc) is 2.73. The maximum absolute atomic E-state index is 12.6. The number of nitrogens with one attached hydrogen (secondary N) is 1. The van der Waals surface area contributed by atoms with Crippen molar-refractivity contribution in [3.8, 4) is 11.1 Å². The number of amides is 1. The second-order valence-corrected chi connectivity index (χ2v) is 7.30. The van der Waals surface area contributed by atoms with Gasteiger partial charge in [-0.2, -0.15) is 0 Å². The van der Waals surface area contributed by atoms with Crippen LogP contribution in [0.4, 0.5) is 5.69 Å². The molecule has 1 aromatic heterocycles. The number of fused-ring (bicyclic) bond motifs is 1. The minimum absolute atomic E-state index is 0.192. The lowest BCUT2D eigenvalue weighted by atomic mass is 10.0. The quantitative estimate of drug-likeness (QED) is 0.451. The molecule has 0 saturated carbocycles. The van der Waals surface area contributed by atoms with Crippen LogP contribution >= 0.6 is 0 Å². The largest absolute Gasteiger partial charge is 0.422 e. The van der Waals surface area contributed by atoms with E-state index in [1.165, 1.54) is 5.56 Å². The molecule has 4 rings (SSSR count). The van der Waals surface area contributed by atoms with Crippen molar-refractivity contribution in [2.75, 3.05) is 5.32 Å². The molecule has 144 valence electrons. The Bertz CT molecular complexity index is 1240. The van der Waals surface area contributed by atoms with E-state index >= 15 is 0 Å². The molecule has 0 saturated heterocycles. The highest BCUT2D eigenvalue weighted by Gasteiger charge is 2.11. The molecule has 4 nitrogen and oxygen atoms in total. The van der Waals surface area contributed by atoms with Crippen LogP contribution in [0.1, 0.15) is 35.7 Å². The van der Waals surface area contributed by atoms with Crippen LogP contribution in [0.15, 0.2) is 88.1 Å². The van der Waals surface area contributed by atoms with E-state index in [0.29, 0.717) is 33.9 Å². The second-order valence-electron chi connectivity index (χ2n) is 7.30. The molecule has 1 N–H and O–H groups in total. The third-order valence-electron chi connectivity index (χ3n) is 4.91. The zero-order valence-electron chi connectivity index (χ0n) is 16.3. The molecule has 29 heavy (non-hydrogen) atoms. The Morgan fingerprint density at radius 2 is 1.66 bits per heavy atom. The first kappa shape index (κ1) is 18.7. The van der Waals surface area contributed by atoms with Crippen molar-refractivity contribution in [2.24, 2.45) is 0 Å². The molecule has 0 unspecified atom stereocenters. The van der Waals surface area contributed by atoms with Crippen molar-refractivity contribution in [3.63, 3.8) is 0 Å². The maximum Gasteiger partial charge on any atom is 0.344 e. The molecule has 0 aliphatic carbocycles. The number of carbonyl (C=O) groups excluding carboxylic acids is 1. The highest BCUT2D eigenvalue weighted by molar-refractivity contribution is 6.04. The molecular formula is C25H21NO3. The van der Waals surface area contributed by atoms with E-state index in [1.54, 1.807) is 24.3 Å². The normalized spacial score (nSPS) is 11.0. The Morgan fingerprint density at radius 1 is 0.897 bits per heavy atom. The molecule has 0 spiro atoms. The van der Waals surface area contributed by atoms with Gasteiger partial charge in [-0.25, -0.2) is 4.79 Å². The summed E-state index contributed by atoms with van der Waals surface area (Å²) in [5.74, 6) is 0.223. The number of anilines is 1. The Balaban J connectivity index is 1.61. The minimum atomic E-state index is -0.406. The van der Waals surface area contributed by atoms with Crippen LogP contribution in [0.5, 0.6) is 0 Å². The molecule has 0 fully saturated rings. The predicted molar refractivity (Wildman–Crippen MR) is 116 cm³/mol. The monoisotopic (exact) mass is 383 g/mol. The SMILES string of the molecule is CC(C)c1ccc(C(=O)Nc2cccc(-c3cc4ccccc4oc3=O)c2)cc1. The highest BCUT2D eigenvalue weighted by Crippen LogP contribution is 2.24. The van der Waals surface area contributed by atoms with Crippen molar-refractivity contribution < 1.29 is 9.21 Å². The fraction of sp³-hybridized carbons (Fsp3) is 0.120. The van der Waals surface area contributed by atoms with E-state index in [4.69, 9.17) is 4.42 Å². The van der Waals surface area contributed by atoms with E-state index in [9.17, 15) is 9.59 Å². The van der Waals surface area contributed by atoms with E-state index in [1.807, 2.05) is 54.6 Å². The molecule has 1 heterocycles. The Kier molecular flexibility index (Phi) is 5.00. The number of para-hydroxylation sites is 1. The van der Waals surface area contributed by atoms with Crippen LogP contribution < -0.4 is 10.9 Å². The zero-order valence-corrected chi connectivity index (χ0v) is 16.3. The molecule has 0 bridgehead atoms. The summed E-state index contributed by atoms with van der Waals surface area (Å²) in [6.07, 6.45) is 0. The summed E-state index contributed by atoms with van der Waals surface area (Å²) in [4.78, 5) is 25.0. The van der Waals surface area contributed by atoms with Crippen LogP contribution in [-0.2, 0) is 0 Å². The molecule has 4 aromatic rings. The smallest absolute Gasteiger partial charge is 0.344 e. The van der Waals surface area contributed by atoms with Crippen molar-refractivity contribution >= 4 is 22.6 Å². The van der Waals surface area contributed by atoms with Crippen LogP contribution in [0, 0.1) is 0 Å². The summed E-state index contributed by atoms with van der Waals surface area (Å²) in [5.41, 5.74) is 3.69. The Hall–Kier alpha value is -3.66. The van der Waals surface area contributed by atoms with Crippen LogP contribution in [-0.4, -0.2) is 5.91 Å². The third kappa shape index (κ3) is 3.97. The van der Waals surface area contributed by atoms with E-state index in [2.05, 4.69) is 19.2 Å². The lowest BCUT2D eigenvalue weighted by molar-refractivity contribution is 0.102. The van der Waals surface area contributed by atoms with E-state index in [-0.39, 0.29) is 5.91 Å². The highest BCUT2D eigenvalue weighted by atomic mass is 16.4. The van der Waals surface area contributed by atoms with Gasteiger partial charge in [-0.1, -0.05) is 56.3 Å². The summed E-state index contributed by atoms with van der Waals surface area (Å²) in [6.45, 7) is 4.23. The number of carbonyl (C=O) groups is 1. The standard InChI is InChI=1S/C25H21NO3/c1-16(2)17-10-12-18(13-11-17)24(27)26-21-8-5-7-19(14-21)22-15-20-6-3-4-9-23(20)29-25(22)28/h3-16H,1-2H3,(H,26,27). The Morgan fingerprint density at radius 3 is 2.41 bits per heavy atom. The first-order valence-electron chi connectivity index (χ1n) is 9.56. The van der Waals surface area contributed by atoms with Crippen LogP contribution in [0.3, 0.4) is 0 Å². The van der Waals surface area contributed by atoms with Crippen LogP contribution in [0.25, 0.3) is 22.1 Å². The van der Waals surface area contributed by atoms with Gasteiger partial charge in [-0.3, -0.25) is 4.79 Å². The average molecular weight is 383 g/mol. The van der Waals surface area contributed by atoms with Gasteiger partial charge in [0.2, 0.25) is 0 Å². The molecule has 1 amide bonds. The summed E-state index contributed by atoms with van der Waals surface area (Å²) in [7, 11) is 0. The Labute approximate surface area is 168 Å². The van der Waals surface area contributed by atoms with E-state index < -0.39 is 5.63 Å². The molecule has 0 aliphatic rings. The molecule has 0 atom stereocenters. The first-order valence-corrected chi connectivity index (χ1v) is 9.56. The molecular weight excluding hydrogens is 362 g/mol. The number of hydrogen-bond acceptors (Lipinski definition) is 3. The van der Waals surface area contributed by atoms with Gasteiger partial charge < -0.3 is 9.73 Å². The summed E-state index contributed by atoms with van der Waals surface area (Å²) >= 11 is 0. The van der Waals surface area contributed by atoms with Crippen molar-refractivity contribution in [1.82, 2.24) is 0 Å². The fourth-order valence-corrected chi connectivity index (χ4v) is 3.25. The van der Waals surface area contributed by atoms with Gasteiger partial charge in [0.25, 0.3) is 5.91 Å². The van der Waals surface area contributed by atoms with Gasteiger partial charge in [0, 0.05) is 16.6 Å².